The number of hydrogen-bond acceptors (Lipinski definition) is 7. The van der Waals surface area contributed by atoms with Gasteiger partial charge >= 0.3 is 0 Å². The van der Waals surface area contributed by atoms with Gasteiger partial charge in [-0.2, -0.15) is 0 Å². The molecule has 8 nitrogen and oxygen atoms in total. The highest BCUT2D eigenvalue weighted by atomic mass is 16.5. The third-order valence-electron chi connectivity index (χ3n) is 4.84. The van der Waals surface area contributed by atoms with Gasteiger partial charge in [-0.15, -0.1) is 0 Å². The number of methoxy groups -OCH3 is 2. The summed E-state index contributed by atoms with van der Waals surface area (Å²) in [5.74, 6) is 2.20. The van der Waals surface area contributed by atoms with Gasteiger partial charge in [-0.1, -0.05) is 0 Å². The minimum atomic E-state index is 0.0470. The fraction of sp³-hybridized carbons (Fsp3) is 0.0952. The van der Waals surface area contributed by atoms with Crippen LogP contribution in [0.15, 0.2) is 48.9 Å². The van der Waals surface area contributed by atoms with Crippen LogP contribution < -0.4 is 14.8 Å². The zero-order valence-corrected chi connectivity index (χ0v) is 15.7. The number of nitrogens with one attached hydrogen (secondary N) is 2. The Kier molecular flexibility index (Phi) is 3.83. The zero-order valence-electron chi connectivity index (χ0n) is 15.7. The van der Waals surface area contributed by atoms with Crippen LogP contribution >= 0.6 is 0 Å². The predicted molar refractivity (Wildman–Crippen MR) is 109 cm³/mol. The van der Waals surface area contributed by atoms with Gasteiger partial charge < -0.3 is 24.9 Å². The van der Waals surface area contributed by atoms with Crippen LogP contribution in [-0.4, -0.2) is 39.3 Å². The largest absolute Gasteiger partial charge is 0.508 e. The highest BCUT2D eigenvalue weighted by molar-refractivity contribution is 5.95. The summed E-state index contributed by atoms with van der Waals surface area (Å²) >= 11 is 0. The molecule has 1 aliphatic rings. The Morgan fingerprint density at radius 2 is 1.79 bits per heavy atom. The first kappa shape index (κ1) is 17.1. The summed E-state index contributed by atoms with van der Waals surface area (Å²) in [5, 5.41) is 13.3. The second-order valence-electron chi connectivity index (χ2n) is 6.48. The summed E-state index contributed by atoms with van der Waals surface area (Å²) < 4.78 is 11.0. The number of aromatic nitrogens is 4. The zero-order chi connectivity index (χ0) is 20.0. The maximum atomic E-state index is 9.97. The fourth-order valence-corrected chi connectivity index (χ4v) is 3.55. The first-order valence-corrected chi connectivity index (χ1v) is 8.91. The standard InChI is InChI=1S/C21H17N5O3/c1-28-15-8-11(27)9-16(29-2)17(15)21-25-18-12-5-7-22-10-14(12)24-20-13(19(18)26-21)4-3-6-23-20/h3-10,27H,1-2H3,(H,23,24)(H,25,26). The van der Waals surface area contributed by atoms with E-state index in [4.69, 9.17) is 14.5 Å². The Morgan fingerprint density at radius 3 is 2.55 bits per heavy atom. The number of fused-ring (bicyclic) bond motifs is 5. The molecule has 0 unspecified atom stereocenters. The second-order valence-corrected chi connectivity index (χ2v) is 6.48. The normalized spacial score (nSPS) is 11.5. The molecule has 5 rings (SSSR count). The minimum Gasteiger partial charge on any atom is -0.508 e. The van der Waals surface area contributed by atoms with Gasteiger partial charge in [0.1, 0.15) is 40.1 Å². The molecule has 0 saturated carbocycles. The van der Waals surface area contributed by atoms with Crippen molar-refractivity contribution in [1.82, 2.24) is 19.9 Å². The molecule has 29 heavy (non-hydrogen) atoms. The number of rotatable bonds is 3. The molecule has 0 saturated heterocycles. The van der Waals surface area contributed by atoms with E-state index in [1.54, 1.807) is 18.6 Å². The maximum Gasteiger partial charge on any atom is 0.146 e. The summed E-state index contributed by atoms with van der Waals surface area (Å²) in [6.45, 7) is 0. The fourth-order valence-electron chi connectivity index (χ4n) is 3.55. The summed E-state index contributed by atoms with van der Waals surface area (Å²) in [7, 11) is 3.07. The molecular formula is C21H17N5O3. The summed E-state index contributed by atoms with van der Waals surface area (Å²) in [6.07, 6.45) is 5.22. The summed E-state index contributed by atoms with van der Waals surface area (Å²) in [6, 6.07) is 8.80. The first-order valence-electron chi connectivity index (χ1n) is 8.91. The van der Waals surface area contributed by atoms with Crippen molar-refractivity contribution in [1.29, 1.82) is 0 Å². The van der Waals surface area contributed by atoms with Gasteiger partial charge in [0.05, 0.1) is 31.8 Å². The number of anilines is 2. The lowest BCUT2D eigenvalue weighted by atomic mass is 10.1. The van der Waals surface area contributed by atoms with Gasteiger partial charge in [-0.05, 0) is 18.2 Å². The molecule has 1 aliphatic heterocycles. The number of phenols is 1. The van der Waals surface area contributed by atoms with Crippen molar-refractivity contribution in [2.24, 2.45) is 0 Å². The molecule has 144 valence electrons. The van der Waals surface area contributed by atoms with Gasteiger partial charge in [0, 0.05) is 35.7 Å². The van der Waals surface area contributed by atoms with Crippen LogP contribution in [0.5, 0.6) is 17.2 Å². The van der Waals surface area contributed by atoms with E-state index in [9.17, 15) is 5.11 Å². The number of hydrogen-bond donors (Lipinski definition) is 3. The van der Waals surface area contributed by atoms with Crippen LogP contribution in [0.25, 0.3) is 33.9 Å². The Balaban J connectivity index is 1.82. The Morgan fingerprint density at radius 1 is 1.00 bits per heavy atom. The van der Waals surface area contributed by atoms with Crippen molar-refractivity contribution in [2.75, 3.05) is 19.5 Å². The third-order valence-corrected chi connectivity index (χ3v) is 4.84. The van der Waals surface area contributed by atoms with E-state index in [0.717, 1.165) is 28.2 Å². The molecule has 4 aromatic rings. The van der Waals surface area contributed by atoms with Crippen LogP contribution in [-0.2, 0) is 0 Å². The molecule has 0 aliphatic carbocycles. The van der Waals surface area contributed by atoms with Crippen LogP contribution in [0.1, 0.15) is 0 Å². The Labute approximate surface area is 166 Å². The maximum absolute atomic E-state index is 9.97. The molecule has 1 aromatic carbocycles. The van der Waals surface area contributed by atoms with E-state index in [2.05, 4.69) is 20.3 Å². The molecular weight excluding hydrogens is 370 g/mol. The average Bonchev–Trinajstić information content (AvgIpc) is 3.13. The number of benzene rings is 1. The molecule has 3 aromatic heterocycles. The van der Waals surface area contributed by atoms with Crippen molar-refractivity contribution in [3.63, 3.8) is 0 Å². The van der Waals surface area contributed by atoms with Gasteiger partial charge in [0.2, 0.25) is 0 Å². The van der Waals surface area contributed by atoms with Crippen molar-refractivity contribution >= 4 is 11.5 Å². The van der Waals surface area contributed by atoms with Gasteiger partial charge in [-0.25, -0.2) is 9.97 Å². The average molecular weight is 387 g/mol. The van der Waals surface area contributed by atoms with E-state index in [0.29, 0.717) is 28.7 Å². The molecule has 0 bridgehead atoms. The number of imidazole rings is 1. The number of H-pyrrole nitrogens is 1. The number of pyridine rings is 2. The number of aromatic hydroxyl groups is 1. The topological polar surface area (TPSA) is 105 Å². The van der Waals surface area contributed by atoms with Crippen molar-refractivity contribution < 1.29 is 14.6 Å². The van der Waals surface area contributed by atoms with Crippen LogP contribution in [0.2, 0.25) is 0 Å². The monoisotopic (exact) mass is 387 g/mol. The summed E-state index contributed by atoms with van der Waals surface area (Å²) in [5.41, 5.74) is 4.80. The van der Waals surface area contributed by atoms with E-state index in [1.165, 1.54) is 26.4 Å². The molecule has 0 fully saturated rings. The van der Waals surface area contributed by atoms with Gasteiger partial charge in [0.25, 0.3) is 0 Å². The van der Waals surface area contributed by atoms with E-state index in [-0.39, 0.29) is 5.75 Å². The number of nitrogens with zero attached hydrogens (tertiary/aromatic N) is 3. The molecule has 0 spiro atoms. The summed E-state index contributed by atoms with van der Waals surface area (Å²) in [4.78, 5) is 17.0. The number of aromatic amines is 1. The molecule has 4 heterocycles. The molecule has 0 radical (unpaired) electrons. The van der Waals surface area contributed by atoms with Crippen molar-refractivity contribution in [2.45, 2.75) is 0 Å². The van der Waals surface area contributed by atoms with Gasteiger partial charge in [0.15, 0.2) is 0 Å². The van der Waals surface area contributed by atoms with Crippen LogP contribution in [0.4, 0.5) is 11.5 Å². The van der Waals surface area contributed by atoms with E-state index < -0.39 is 0 Å². The molecule has 3 N–H and O–H groups in total. The molecule has 8 heteroatoms. The molecule has 0 amide bonds. The Hall–Kier alpha value is -4.07. The van der Waals surface area contributed by atoms with E-state index >= 15 is 0 Å². The quantitative estimate of drug-likeness (QED) is 0.430. The van der Waals surface area contributed by atoms with Crippen LogP contribution in [0, 0.1) is 0 Å². The van der Waals surface area contributed by atoms with E-state index in [1.807, 2.05) is 18.2 Å². The molecule has 0 atom stereocenters. The highest BCUT2D eigenvalue weighted by Crippen LogP contribution is 2.46. The number of ether oxygens (including phenoxy) is 2. The van der Waals surface area contributed by atoms with Crippen molar-refractivity contribution in [3.05, 3.63) is 48.9 Å². The number of phenolic OH excluding ortho intramolecular Hbond substituents is 1. The lowest BCUT2D eigenvalue weighted by Gasteiger charge is -2.12. The van der Waals surface area contributed by atoms with Crippen molar-refractivity contribution in [3.8, 4) is 51.2 Å². The first-order chi connectivity index (χ1) is 14.2. The van der Waals surface area contributed by atoms with Gasteiger partial charge in [-0.3, -0.25) is 4.98 Å². The SMILES string of the molecule is COc1cc(O)cc(OC)c1-c1nc2c([nH]1)-c1ccncc1Nc1ncccc1-2. The minimum absolute atomic E-state index is 0.0470. The highest BCUT2D eigenvalue weighted by Gasteiger charge is 2.26. The predicted octanol–water partition coefficient (Wildman–Crippen LogP) is 3.98. The van der Waals surface area contributed by atoms with Crippen LogP contribution in [0.3, 0.4) is 0 Å². The third kappa shape index (κ3) is 2.65. The smallest absolute Gasteiger partial charge is 0.146 e. The second kappa shape index (κ2) is 6.52. The lowest BCUT2D eigenvalue weighted by molar-refractivity contribution is 0.387. The Bertz CT molecular complexity index is 1150. The lowest BCUT2D eigenvalue weighted by Crippen LogP contribution is -1.97.